The topological polar surface area (TPSA) is 61.7 Å². The highest BCUT2D eigenvalue weighted by Crippen LogP contribution is 2.24. The molecular formula is C22H22N2O2. The summed E-state index contributed by atoms with van der Waals surface area (Å²) in [4.78, 5) is 12.4. The quantitative estimate of drug-likeness (QED) is 0.525. The van der Waals surface area contributed by atoms with Crippen molar-refractivity contribution in [1.29, 1.82) is 0 Å². The smallest absolute Gasteiger partial charge is 0.275 e. The van der Waals surface area contributed by atoms with Crippen molar-refractivity contribution in [2.24, 2.45) is 5.10 Å². The summed E-state index contributed by atoms with van der Waals surface area (Å²) >= 11 is 0. The molecule has 0 atom stereocenters. The monoisotopic (exact) mass is 346 g/mol. The molecule has 0 radical (unpaired) electrons. The molecule has 132 valence electrons. The predicted octanol–water partition coefficient (Wildman–Crippen LogP) is 4.82. The fraction of sp³-hybridized carbons (Fsp3) is 0.182. The summed E-state index contributed by atoms with van der Waals surface area (Å²) in [6.45, 7) is 6.13. The van der Waals surface area contributed by atoms with Gasteiger partial charge in [0.1, 0.15) is 5.75 Å². The first-order chi connectivity index (χ1) is 12.5. The van der Waals surface area contributed by atoms with E-state index in [-0.39, 0.29) is 11.3 Å². The van der Waals surface area contributed by atoms with Crippen LogP contribution in [0.25, 0.3) is 10.8 Å². The molecule has 0 aliphatic heterocycles. The summed E-state index contributed by atoms with van der Waals surface area (Å²) in [6, 6.07) is 18.9. The van der Waals surface area contributed by atoms with Crippen LogP contribution < -0.4 is 5.43 Å². The molecule has 3 aromatic rings. The predicted molar refractivity (Wildman–Crippen MR) is 106 cm³/mol. The Hall–Kier alpha value is -3.14. The average Bonchev–Trinajstić information content (AvgIpc) is 2.65. The number of carbonyl (C=O) groups is 1. The van der Waals surface area contributed by atoms with Crippen LogP contribution in [0.15, 0.2) is 65.8 Å². The van der Waals surface area contributed by atoms with Crippen molar-refractivity contribution in [2.45, 2.75) is 26.7 Å². The van der Waals surface area contributed by atoms with E-state index < -0.39 is 5.91 Å². The Bertz CT molecular complexity index is 973. The lowest BCUT2D eigenvalue weighted by Crippen LogP contribution is -2.19. The van der Waals surface area contributed by atoms with Gasteiger partial charge < -0.3 is 5.11 Å². The minimum Gasteiger partial charge on any atom is -0.507 e. The molecule has 0 heterocycles. The van der Waals surface area contributed by atoms with Crippen LogP contribution in [-0.4, -0.2) is 16.7 Å². The molecule has 1 amide bonds. The van der Waals surface area contributed by atoms with Gasteiger partial charge in [-0.1, -0.05) is 62.4 Å². The molecule has 0 fully saturated rings. The fourth-order valence-corrected chi connectivity index (χ4v) is 2.78. The normalized spacial score (nSPS) is 11.8. The van der Waals surface area contributed by atoms with Gasteiger partial charge in [-0.05, 0) is 46.9 Å². The average molecular weight is 346 g/mol. The number of hydrogen-bond donors (Lipinski definition) is 2. The van der Waals surface area contributed by atoms with Gasteiger partial charge in [-0.3, -0.25) is 4.79 Å². The minimum absolute atomic E-state index is 0.0599. The lowest BCUT2D eigenvalue weighted by molar-refractivity contribution is 0.0952. The number of nitrogens with one attached hydrogen (secondary N) is 1. The molecule has 4 nitrogen and oxygen atoms in total. The highest BCUT2D eigenvalue weighted by molar-refractivity contribution is 6.03. The number of phenols is 1. The summed E-state index contributed by atoms with van der Waals surface area (Å²) in [7, 11) is 0. The number of hydrogen-bond acceptors (Lipinski definition) is 3. The number of aromatic hydroxyl groups is 1. The van der Waals surface area contributed by atoms with Crippen LogP contribution in [0.5, 0.6) is 5.75 Å². The van der Waals surface area contributed by atoms with Gasteiger partial charge in [-0.25, -0.2) is 5.43 Å². The van der Waals surface area contributed by atoms with E-state index in [1.807, 2.05) is 43.3 Å². The van der Waals surface area contributed by atoms with E-state index in [9.17, 15) is 9.90 Å². The molecule has 0 spiro atoms. The number of benzene rings is 3. The zero-order valence-electron chi connectivity index (χ0n) is 15.2. The van der Waals surface area contributed by atoms with Gasteiger partial charge in [-0.15, -0.1) is 0 Å². The van der Waals surface area contributed by atoms with E-state index in [1.165, 1.54) is 5.56 Å². The van der Waals surface area contributed by atoms with Crippen molar-refractivity contribution in [3.8, 4) is 5.75 Å². The third kappa shape index (κ3) is 3.75. The number of amides is 1. The lowest BCUT2D eigenvalue weighted by Gasteiger charge is -2.08. The number of rotatable bonds is 4. The maximum atomic E-state index is 12.4. The van der Waals surface area contributed by atoms with Gasteiger partial charge >= 0.3 is 0 Å². The first-order valence-electron chi connectivity index (χ1n) is 8.62. The third-order valence-corrected chi connectivity index (χ3v) is 4.43. The van der Waals surface area contributed by atoms with Crippen LogP contribution in [0.3, 0.4) is 0 Å². The Balaban J connectivity index is 1.79. The maximum Gasteiger partial charge on any atom is 0.275 e. The second-order valence-corrected chi connectivity index (χ2v) is 6.63. The Morgan fingerprint density at radius 3 is 2.23 bits per heavy atom. The minimum atomic E-state index is -0.439. The molecule has 0 saturated heterocycles. The molecule has 0 aliphatic rings. The van der Waals surface area contributed by atoms with Gasteiger partial charge in [0.25, 0.3) is 5.91 Å². The molecular weight excluding hydrogens is 324 g/mol. The summed E-state index contributed by atoms with van der Waals surface area (Å²) in [5.74, 6) is -0.0291. The lowest BCUT2D eigenvalue weighted by atomic mass is 10.0. The first kappa shape index (κ1) is 17.7. The van der Waals surface area contributed by atoms with Crippen molar-refractivity contribution in [3.63, 3.8) is 0 Å². The molecule has 0 saturated carbocycles. The summed E-state index contributed by atoms with van der Waals surface area (Å²) < 4.78 is 0. The molecule has 0 aromatic heterocycles. The van der Waals surface area contributed by atoms with Crippen LogP contribution in [0, 0.1) is 0 Å². The number of hydrazone groups is 1. The zero-order valence-corrected chi connectivity index (χ0v) is 15.2. The Morgan fingerprint density at radius 2 is 1.62 bits per heavy atom. The highest BCUT2D eigenvalue weighted by Gasteiger charge is 2.12. The van der Waals surface area contributed by atoms with E-state index in [0.717, 1.165) is 16.3 Å². The number of fused-ring (bicyclic) bond motifs is 1. The van der Waals surface area contributed by atoms with Crippen molar-refractivity contribution in [2.75, 3.05) is 0 Å². The summed E-state index contributed by atoms with van der Waals surface area (Å²) in [6.07, 6.45) is 0. The van der Waals surface area contributed by atoms with E-state index in [2.05, 4.69) is 36.5 Å². The SMILES string of the molecule is C/C(=N\NC(=O)c1cc2ccccc2cc1O)c1ccc(C(C)C)cc1. The second-order valence-electron chi connectivity index (χ2n) is 6.63. The van der Waals surface area contributed by atoms with Crippen LogP contribution in [0.1, 0.15) is 48.2 Å². The molecule has 4 heteroatoms. The third-order valence-electron chi connectivity index (χ3n) is 4.43. The fourth-order valence-electron chi connectivity index (χ4n) is 2.78. The van der Waals surface area contributed by atoms with Gasteiger partial charge in [0, 0.05) is 0 Å². The van der Waals surface area contributed by atoms with Crippen LogP contribution in [0.2, 0.25) is 0 Å². The van der Waals surface area contributed by atoms with Gasteiger partial charge in [0.05, 0.1) is 11.3 Å². The van der Waals surface area contributed by atoms with Crippen molar-refractivity contribution in [1.82, 2.24) is 5.43 Å². The molecule has 0 bridgehead atoms. The van der Waals surface area contributed by atoms with E-state index >= 15 is 0 Å². The molecule has 2 N–H and O–H groups in total. The van der Waals surface area contributed by atoms with E-state index in [4.69, 9.17) is 0 Å². The number of phenolic OH excluding ortho intramolecular Hbond substituents is 1. The first-order valence-corrected chi connectivity index (χ1v) is 8.62. The van der Waals surface area contributed by atoms with Crippen molar-refractivity contribution in [3.05, 3.63) is 77.4 Å². The van der Waals surface area contributed by atoms with Crippen LogP contribution in [0.4, 0.5) is 0 Å². The molecule has 3 rings (SSSR count). The largest absolute Gasteiger partial charge is 0.507 e. The van der Waals surface area contributed by atoms with E-state index in [0.29, 0.717) is 11.6 Å². The van der Waals surface area contributed by atoms with Crippen molar-refractivity contribution >= 4 is 22.4 Å². The Morgan fingerprint density at radius 1 is 1.00 bits per heavy atom. The molecule has 0 aliphatic carbocycles. The van der Waals surface area contributed by atoms with E-state index in [1.54, 1.807) is 12.1 Å². The summed E-state index contributed by atoms with van der Waals surface area (Å²) in [5.41, 5.74) is 5.63. The molecule has 3 aromatic carbocycles. The van der Waals surface area contributed by atoms with Gasteiger partial charge in [0.2, 0.25) is 0 Å². The highest BCUT2D eigenvalue weighted by atomic mass is 16.3. The van der Waals surface area contributed by atoms with Crippen LogP contribution >= 0.6 is 0 Å². The summed E-state index contributed by atoms with van der Waals surface area (Å²) in [5, 5.41) is 16.1. The van der Waals surface area contributed by atoms with Crippen molar-refractivity contribution < 1.29 is 9.90 Å². The van der Waals surface area contributed by atoms with Gasteiger partial charge in [0.15, 0.2) is 0 Å². The molecule has 0 unspecified atom stereocenters. The number of nitrogens with zero attached hydrogens (tertiary/aromatic N) is 1. The standard InChI is InChI=1S/C22H22N2O2/c1-14(2)16-8-10-17(11-9-16)15(3)23-24-22(26)20-12-18-6-4-5-7-19(18)13-21(20)25/h4-14,25H,1-3H3,(H,24,26)/b23-15+. The Labute approximate surface area is 153 Å². The Kier molecular flexibility index (Phi) is 5.03. The van der Waals surface area contributed by atoms with Crippen LogP contribution in [-0.2, 0) is 0 Å². The second kappa shape index (κ2) is 7.40. The molecule has 26 heavy (non-hydrogen) atoms. The number of carbonyl (C=O) groups excluding carboxylic acids is 1. The zero-order chi connectivity index (χ0) is 18.7. The van der Waals surface area contributed by atoms with Gasteiger partial charge in [-0.2, -0.15) is 5.10 Å². The maximum absolute atomic E-state index is 12.4.